The lowest BCUT2D eigenvalue weighted by Crippen LogP contribution is -2.43. The molecule has 5 nitrogen and oxygen atoms in total. The molecule has 0 radical (unpaired) electrons. The number of hydrogen-bond donors (Lipinski definition) is 1. The minimum atomic E-state index is -0.240. The van der Waals surface area contributed by atoms with E-state index in [4.69, 9.17) is 15.0 Å². The molecule has 1 aromatic heterocycles. The highest BCUT2D eigenvalue weighted by Crippen LogP contribution is 2.12. The van der Waals surface area contributed by atoms with Crippen LogP contribution in [0.15, 0.2) is 4.52 Å². The van der Waals surface area contributed by atoms with Crippen LogP contribution in [0.5, 0.6) is 0 Å². The van der Waals surface area contributed by atoms with E-state index in [9.17, 15) is 0 Å². The Hall–Kier alpha value is -0.940. The van der Waals surface area contributed by atoms with Gasteiger partial charge in [0.15, 0.2) is 5.82 Å². The van der Waals surface area contributed by atoms with E-state index in [1.807, 2.05) is 0 Å². The Balaban J connectivity index is 2.34. The fourth-order valence-corrected chi connectivity index (χ4v) is 1.46. The summed E-state index contributed by atoms with van der Waals surface area (Å²) in [6.45, 7) is 7.11. The van der Waals surface area contributed by atoms with E-state index in [-0.39, 0.29) is 5.54 Å². The van der Waals surface area contributed by atoms with Gasteiger partial charge in [0.05, 0.1) is 6.61 Å². The van der Waals surface area contributed by atoms with Gasteiger partial charge in [-0.2, -0.15) is 4.98 Å². The Kier molecular flexibility index (Phi) is 5.58. The fourth-order valence-electron chi connectivity index (χ4n) is 1.46. The van der Waals surface area contributed by atoms with Gasteiger partial charge < -0.3 is 15.0 Å². The number of nitrogens with zero attached hydrogens (tertiary/aromatic N) is 2. The monoisotopic (exact) mass is 241 g/mol. The van der Waals surface area contributed by atoms with E-state index in [0.29, 0.717) is 24.9 Å². The lowest BCUT2D eigenvalue weighted by atomic mass is 9.96. The third-order valence-electron chi connectivity index (χ3n) is 3.00. The van der Waals surface area contributed by atoms with Gasteiger partial charge in [0.2, 0.25) is 5.89 Å². The molecular formula is C12H23N3O2. The van der Waals surface area contributed by atoms with Crippen LogP contribution in [0.3, 0.4) is 0 Å². The van der Waals surface area contributed by atoms with Gasteiger partial charge in [-0.25, -0.2) is 0 Å². The molecule has 5 heteroatoms. The molecule has 0 aliphatic heterocycles. The third kappa shape index (κ3) is 4.44. The maximum Gasteiger partial charge on any atom is 0.226 e. The maximum absolute atomic E-state index is 6.12. The average molecular weight is 241 g/mol. The first-order valence-corrected chi connectivity index (χ1v) is 6.31. The predicted octanol–water partition coefficient (Wildman–Crippen LogP) is 2.06. The first-order chi connectivity index (χ1) is 8.13. The van der Waals surface area contributed by atoms with Crippen LogP contribution in [-0.2, 0) is 17.8 Å². The molecule has 0 saturated carbocycles. The third-order valence-corrected chi connectivity index (χ3v) is 3.00. The molecule has 0 unspecified atom stereocenters. The summed E-state index contributed by atoms with van der Waals surface area (Å²) >= 11 is 0. The molecule has 1 rings (SSSR count). The lowest BCUT2D eigenvalue weighted by Gasteiger charge is -2.25. The van der Waals surface area contributed by atoms with Crippen molar-refractivity contribution in [1.29, 1.82) is 0 Å². The second-order valence-electron chi connectivity index (χ2n) is 4.42. The van der Waals surface area contributed by atoms with Crippen LogP contribution in [0.4, 0.5) is 0 Å². The minimum Gasteiger partial charge on any atom is -0.371 e. The van der Waals surface area contributed by atoms with Gasteiger partial charge in [-0.1, -0.05) is 25.9 Å². The van der Waals surface area contributed by atoms with E-state index in [0.717, 1.165) is 25.7 Å². The highest BCUT2D eigenvalue weighted by Gasteiger charge is 2.20. The highest BCUT2D eigenvalue weighted by molar-refractivity contribution is 4.85. The van der Waals surface area contributed by atoms with Crippen LogP contribution in [0, 0.1) is 0 Å². The number of rotatable bonds is 8. The Morgan fingerprint density at radius 2 is 2.00 bits per heavy atom. The quantitative estimate of drug-likeness (QED) is 0.754. The molecule has 0 bridgehead atoms. The van der Waals surface area contributed by atoms with Crippen molar-refractivity contribution >= 4 is 0 Å². The molecule has 0 atom stereocenters. The van der Waals surface area contributed by atoms with E-state index in [1.165, 1.54) is 0 Å². The molecule has 0 aromatic carbocycles. The van der Waals surface area contributed by atoms with Crippen LogP contribution in [-0.4, -0.2) is 22.3 Å². The molecule has 98 valence electrons. The molecule has 0 saturated heterocycles. The molecular weight excluding hydrogens is 218 g/mol. The van der Waals surface area contributed by atoms with Gasteiger partial charge in [0.25, 0.3) is 0 Å². The number of ether oxygens (including phenoxy) is 1. The molecule has 0 aliphatic rings. The first-order valence-electron chi connectivity index (χ1n) is 6.31. The topological polar surface area (TPSA) is 74.2 Å². The molecule has 0 aliphatic carbocycles. The van der Waals surface area contributed by atoms with Crippen molar-refractivity contribution in [2.75, 3.05) is 6.61 Å². The van der Waals surface area contributed by atoms with E-state index in [2.05, 4.69) is 30.9 Å². The van der Waals surface area contributed by atoms with Gasteiger partial charge in [-0.15, -0.1) is 0 Å². The summed E-state index contributed by atoms with van der Waals surface area (Å²) in [5.74, 6) is 1.28. The summed E-state index contributed by atoms with van der Waals surface area (Å²) in [6, 6.07) is 0. The first kappa shape index (κ1) is 14.1. The second kappa shape index (κ2) is 6.71. The zero-order valence-corrected chi connectivity index (χ0v) is 11.0. The van der Waals surface area contributed by atoms with Gasteiger partial charge in [0.1, 0.15) is 6.61 Å². The number of nitrogens with two attached hydrogens (primary N) is 1. The van der Waals surface area contributed by atoms with Crippen LogP contribution in [0.2, 0.25) is 0 Å². The maximum atomic E-state index is 6.12. The summed E-state index contributed by atoms with van der Waals surface area (Å²) in [7, 11) is 0. The van der Waals surface area contributed by atoms with Crippen molar-refractivity contribution in [3.63, 3.8) is 0 Å². The summed E-state index contributed by atoms with van der Waals surface area (Å²) in [6.07, 6.45) is 3.62. The molecule has 1 aromatic rings. The Morgan fingerprint density at radius 3 is 2.59 bits per heavy atom. The standard InChI is InChI=1S/C12H23N3O2/c1-4-7-11-14-10(15-17-11)8-16-9-12(13,5-2)6-3/h4-9,13H2,1-3H3. The molecule has 1 heterocycles. The van der Waals surface area contributed by atoms with E-state index in [1.54, 1.807) is 0 Å². The van der Waals surface area contributed by atoms with Crippen molar-refractivity contribution < 1.29 is 9.26 Å². The van der Waals surface area contributed by atoms with Gasteiger partial charge >= 0.3 is 0 Å². The van der Waals surface area contributed by atoms with Crippen molar-refractivity contribution in [3.8, 4) is 0 Å². The second-order valence-corrected chi connectivity index (χ2v) is 4.42. The van der Waals surface area contributed by atoms with Gasteiger partial charge in [-0.05, 0) is 19.3 Å². The van der Waals surface area contributed by atoms with Crippen LogP contribution < -0.4 is 5.73 Å². The van der Waals surface area contributed by atoms with Gasteiger partial charge in [0, 0.05) is 12.0 Å². The zero-order valence-electron chi connectivity index (χ0n) is 11.0. The largest absolute Gasteiger partial charge is 0.371 e. The van der Waals surface area contributed by atoms with E-state index >= 15 is 0 Å². The SMILES string of the molecule is CCCc1nc(COCC(N)(CC)CC)no1. The number of aryl methyl sites for hydroxylation is 1. The zero-order chi connectivity index (χ0) is 12.7. The highest BCUT2D eigenvalue weighted by atomic mass is 16.5. The Morgan fingerprint density at radius 1 is 1.29 bits per heavy atom. The van der Waals surface area contributed by atoms with Crippen LogP contribution >= 0.6 is 0 Å². The fraction of sp³-hybridized carbons (Fsp3) is 0.833. The molecule has 0 fully saturated rings. The molecule has 17 heavy (non-hydrogen) atoms. The molecule has 0 amide bonds. The smallest absolute Gasteiger partial charge is 0.226 e. The molecule has 2 N–H and O–H groups in total. The Bertz CT molecular complexity index is 321. The van der Waals surface area contributed by atoms with E-state index < -0.39 is 0 Å². The Labute approximate surface area is 103 Å². The van der Waals surface area contributed by atoms with Crippen LogP contribution in [0.25, 0.3) is 0 Å². The van der Waals surface area contributed by atoms with Crippen molar-refractivity contribution in [2.24, 2.45) is 5.73 Å². The van der Waals surface area contributed by atoms with Crippen molar-refractivity contribution in [1.82, 2.24) is 10.1 Å². The lowest BCUT2D eigenvalue weighted by molar-refractivity contribution is 0.0646. The van der Waals surface area contributed by atoms with Crippen molar-refractivity contribution in [2.45, 2.75) is 58.6 Å². The van der Waals surface area contributed by atoms with Gasteiger partial charge in [-0.3, -0.25) is 0 Å². The number of aromatic nitrogens is 2. The summed E-state index contributed by atoms with van der Waals surface area (Å²) in [5, 5.41) is 3.85. The van der Waals surface area contributed by atoms with Crippen LogP contribution in [0.1, 0.15) is 51.7 Å². The summed E-state index contributed by atoms with van der Waals surface area (Å²) < 4.78 is 10.6. The number of hydrogen-bond acceptors (Lipinski definition) is 5. The molecule has 0 spiro atoms. The average Bonchev–Trinajstić information content (AvgIpc) is 2.77. The summed E-state index contributed by atoms with van der Waals surface area (Å²) in [4.78, 5) is 4.23. The minimum absolute atomic E-state index is 0.240. The normalized spacial score (nSPS) is 12.0. The van der Waals surface area contributed by atoms with Crippen molar-refractivity contribution in [3.05, 3.63) is 11.7 Å². The summed E-state index contributed by atoms with van der Waals surface area (Å²) in [5.41, 5.74) is 5.88. The predicted molar refractivity (Wildman–Crippen MR) is 65.4 cm³/mol.